The van der Waals surface area contributed by atoms with Gasteiger partial charge in [-0.05, 0) is 24.1 Å². The Morgan fingerprint density at radius 1 is 1.53 bits per heavy atom. The molecule has 0 aliphatic rings. The first-order valence-electron chi connectivity index (χ1n) is 4.77. The Morgan fingerprint density at radius 2 is 2.20 bits per heavy atom. The number of anilines is 1. The van der Waals surface area contributed by atoms with Crippen LogP contribution in [0.1, 0.15) is 24.2 Å². The maximum Gasteiger partial charge on any atom is 0.337 e. The summed E-state index contributed by atoms with van der Waals surface area (Å²) in [6.07, 6.45) is 0. The van der Waals surface area contributed by atoms with E-state index in [4.69, 9.17) is 5.11 Å². The highest BCUT2D eigenvalue weighted by Crippen LogP contribution is 2.17. The van der Waals surface area contributed by atoms with Crippen molar-refractivity contribution in [1.29, 1.82) is 0 Å². The van der Waals surface area contributed by atoms with E-state index in [1.165, 1.54) is 12.1 Å². The van der Waals surface area contributed by atoms with Gasteiger partial charge in [-0.2, -0.15) is 0 Å². The Bertz CT molecular complexity index is 364. The predicted molar refractivity (Wildman–Crippen MR) is 56.7 cm³/mol. The molecule has 0 aromatic heterocycles. The minimum atomic E-state index is -1.12. The molecule has 0 atom stereocenters. The molecule has 3 nitrogen and oxygen atoms in total. The molecule has 2 N–H and O–H groups in total. The van der Waals surface area contributed by atoms with E-state index in [-0.39, 0.29) is 5.56 Å². The van der Waals surface area contributed by atoms with Crippen LogP contribution in [0.5, 0.6) is 0 Å². The summed E-state index contributed by atoms with van der Waals surface area (Å²) >= 11 is 0. The molecule has 0 aliphatic carbocycles. The summed E-state index contributed by atoms with van der Waals surface area (Å²) < 4.78 is 12.8. The second kappa shape index (κ2) is 4.77. The number of rotatable bonds is 4. The lowest BCUT2D eigenvalue weighted by molar-refractivity contribution is 0.0697. The lowest BCUT2D eigenvalue weighted by Crippen LogP contribution is -2.11. The van der Waals surface area contributed by atoms with Gasteiger partial charge in [-0.25, -0.2) is 9.18 Å². The molecule has 15 heavy (non-hydrogen) atoms. The Morgan fingerprint density at radius 3 is 2.73 bits per heavy atom. The van der Waals surface area contributed by atoms with E-state index in [0.29, 0.717) is 18.2 Å². The van der Waals surface area contributed by atoms with E-state index in [2.05, 4.69) is 5.32 Å². The Kier molecular flexibility index (Phi) is 3.66. The van der Waals surface area contributed by atoms with Gasteiger partial charge in [-0.1, -0.05) is 13.8 Å². The van der Waals surface area contributed by atoms with Crippen LogP contribution < -0.4 is 5.32 Å². The fourth-order valence-electron chi connectivity index (χ4n) is 1.16. The lowest BCUT2D eigenvalue weighted by atomic mass is 10.1. The smallest absolute Gasteiger partial charge is 0.337 e. The standard InChI is InChI=1S/C11H14FNO2/c1-7(2)6-13-10-4-3-8(12)5-9(10)11(14)15/h3-5,7,13H,6H2,1-2H3,(H,14,15). The van der Waals surface area contributed by atoms with E-state index in [1.807, 2.05) is 13.8 Å². The van der Waals surface area contributed by atoms with Crippen molar-refractivity contribution in [2.45, 2.75) is 13.8 Å². The minimum Gasteiger partial charge on any atom is -0.478 e. The fourth-order valence-corrected chi connectivity index (χ4v) is 1.16. The maximum atomic E-state index is 12.8. The molecule has 0 heterocycles. The van der Waals surface area contributed by atoms with Gasteiger partial charge in [0.2, 0.25) is 0 Å². The molecule has 82 valence electrons. The van der Waals surface area contributed by atoms with Gasteiger partial charge in [0.15, 0.2) is 0 Å². The molecule has 0 spiro atoms. The van der Waals surface area contributed by atoms with Crippen molar-refractivity contribution in [3.8, 4) is 0 Å². The lowest BCUT2D eigenvalue weighted by Gasteiger charge is -2.11. The number of carboxylic acids is 1. The highest BCUT2D eigenvalue weighted by atomic mass is 19.1. The van der Waals surface area contributed by atoms with Crippen LogP contribution in [0.2, 0.25) is 0 Å². The van der Waals surface area contributed by atoms with Gasteiger partial charge in [-0.15, -0.1) is 0 Å². The molecule has 0 fully saturated rings. The van der Waals surface area contributed by atoms with Crippen molar-refractivity contribution in [3.05, 3.63) is 29.6 Å². The number of halogens is 1. The van der Waals surface area contributed by atoms with Gasteiger partial charge < -0.3 is 10.4 Å². The molecule has 0 saturated heterocycles. The topological polar surface area (TPSA) is 49.3 Å². The largest absolute Gasteiger partial charge is 0.478 e. The summed E-state index contributed by atoms with van der Waals surface area (Å²) in [6, 6.07) is 3.71. The molecular weight excluding hydrogens is 197 g/mol. The van der Waals surface area contributed by atoms with E-state index in [0.717, 1.165) is 6.07 Å². The van der Waals surface area contributed by atoms with Crippen molar-refractivity contribution in [2.24, 2.45) is 5.92 Å². The number of benzene rings is 1. The van der Waals surface area contributed by atoms with Crippen LogP contribution in [-0.2, 0) is 0 Å². The number of carboxylic acid groups (broad SMARTS) is 1. The van der Waals surface area contributed by atoms with Crippen LogP contribution in [0, 0.1) is 11.7 Å². The summed E-state index contributed by atoms with van der Waals surface area (Å²) in [5, 5.41) is 11.8. The summed E-state index contributed by atoms with van der Waals surface area (Å²) in [5.41, 5.74) is 0.424. The van der Waals surface area contributed by atoms with Crippen molar-refractivity contribution in [3.63, 3.8) is 0 Å². The Hall–Kier alpha value is -1.58. The highest BCUT2D eigenvalue weighted by molar-refractivity contribution is 5.94. The van der Waals surface area contributed by atoms with E-state index in [1.54, 1.807) is 0 Å². The first kappa shape index (κ1) is 11.5. The monoisotopic (exact) mass is 211 g/mol. The Labute approximate surface area is 87.9 Å². The van der Waals surface area contributed by atoms with Gasteiger partial charge >= 0.3 is 5.97 Å². The van der Waals surface area contributed by atoms with Crippen molar-refractivity contribution in [1.82, 2.24) is 0 Å². The molecule has 0 aliphatic heterocycles. The van der Waals surface area contributed by atoms with Crippen molar-refractivity contribution in [2.75, 3.05) is 11.9 Å². The van der Waals surface area contributed by atoms with Gasteiger partial charge in [0.05, 0.1) is 5.56 Å². The number of aromatic carboxylic acids is 1. The van der Waals surface area contributed by atoms with E-state index in [9.17, 15) is 9.18 Å². The third kappa shape index (κ3) is 3.23. The zero-order valence-corrected chi connectivity index (χ0v) is 8.75. The molecule has 0 saturated carbocycles. The van der Waals surface area contributed by atoms with Crippen LogP contribution >= 0.6 is 0 Å². The van der Waals surface area contributed by atoms with Crippen LogP contribution in [0.25, 0.3) is 0 Å². The summed E-state index contributed by atoms with van der Waals surface area (Å²) in [4.78, 5) is 10.8. The zero-order valence-electron chi connectivity index (χ0n) is 8.75. The molecule has 0 radical (unpaired) electrons. The van der Waals surface area contributed by atoms with Crippen LogP contribution in [0.15, 0.2) is 18.2 Å². The minimum absolute atomic E-state index is 0.0318. The predicted octanol–water partition coefficient (Wildman–Crippen LogP) is 2.59. The third-order valence-electron chi connectivity index (χ3n) is 1.91. The van der Waals surface area contributed by atoms with Crippen molar-refractivity contribution >= 4 is 11.7 Å². The maximum absolute atomic E-state index is 12.8. The van der Waals surface area contributed by atoms with Crippen LogP contribution in [0.4, 0.5) is 10.1 Å². The molecular formula is C11H14FNO2. The van der Waals surface area contributed by atoms with Crippen molar-refractivity contribution < 1.29 is 14.3 Å². The van der Waals surface area contributed by atoms with Gasteiger partial charge in [0.25, 0.3) is 0 Å². The first-order chi connectivity index (χ1) is 7.00. The second-order valence-corrected chi connectivity index (χ2v) is 3.77. The third-order valence-corrected chi connectivity index (χ3v) is 1.91. The van der Waals surface area contributed by atoms with Crippen LogP contribution in [-0.4, -0.2) is 17.6 Å². The molecule has 0 amide bonds. The highest BCUT2D eigenvalue weighted by Gasteiger charge is 2.10. The molecule has 1 aromatic rings. The zero-order chi connectivity index (χ0) is 11.4. The first-order valence-corrected chi connectivity index (χ1v) is 4.77. The van der Waals surface area contributed by atoms with Gasteiger partial charge in [0, 0.05) is 12.2 Å². The van der Waals surface area contributed by atoms with Gasteiger partial charge in [-0.3, -0.25) is 0 Å². The average molecular weight is 211 g/mol. The summed E-state index contributed by atoms with van der Waals surface area (Å²) in [6.45, 7) is 4.68. The normalized spacial score (nSPS) is 10.4. The quantitative estimate of drug-likeness (QED) is 0.804. The molecule has 4 heteroatoms. The molecule has 1 rings (SSSR count). The number of nitrogens with one attached hydrogen (secondary N) is 1. The SMILES string of the molecule is CC(C)CNc1ccc(F)cc1C(=O)O. The second-order valence-electron chi connectivity index (χ2n) is 3.77. The number of hydrogen-bond acceptors (Lipinski definition) is 2. The number of hydrogen-bond donors (Lipinski definition) is 2. The fraction of sp³-hybridized carbons (Fsp3) is 0.364. The molecule has 1 aromatic carbocycles. The van der Waals surface area contributed by atoms with E-state index < -0.39 is 11.8 Å². The average Bonchev–Trinajstić information content (AvgIpc) is 2.15. The van der Waals surface area contributed by atoms with Crippen LogP contribution in [0.3, 0.4) is 0 Å². The Balaban J connectivity index is 2.91. The molecule has 0 bridgehead atoms. The number of carbonyl (C=O) groups is 1. The van der Waals surface area contributed by atoms with Gasteiger partial charge in [0.1, 0.15) is 5.82 Å². The summed E-state index contributed by atoms with van der Waals surface area (Å²) in [7, 11) is 0. The molecule has 0 unspecified atom stereocenters. The van der Waals surface area contributed by atoms with E-state index >= 15 is 0 Å². The summed E-state index contributed by atoms with van der Waals surface area (Å²) in [5.74, 6) is -1.26.